The van der Waals surface area contributed by atoms with E-state index in [-0.39, 0.29) is 0 Å². The van der Waals surface area contributed by atoms with E-state index >= 15 is 0 Å². The van der Waals surface area contributed by atoms with Crippen LogP contribution in [0.4, 0.5) is 0 Å². The predicted molar refractivity (Wildman–Crippen MR) is 56.8 cm³/mol. The molecule has 0 fully saturated rings. The Labute approximate surface area is 100.0 Å². The molecule has 0 spiro atoms. The molecule has 1 atom stereocenters. The Morgan fingerprint density at radius 3 is 1.72 bits per heavy atom. The molecule has 1 rings (SSSR count). The SMILES string of the molecule is O=C(O)c1ccc([P+](=O)O)c(C(=O)O)c1C(=O)O. The van der Waals surface area contributed by atoms with Gasteiger partial charge in [-0.05, 0) is 16.7 Å². The van der Waals surface area contributed by atoms with Crippen LogP contribution in [-0.4, -0.2) is 38.1 Å². The lowest BCUT2D eigenvalue weighted by atomic mass is 10.0. The van der Waals surface area contributed by atoms with Gasteiger partial charge in [-0.15, -0.1) is 0 Å². The minimum Gasteiger partial charge on any atom is -0.478 e. The molecule has 0 saturated carbocycles. The minimum absolute atomic E-state index is 0.639. The van der Waals surface area contributed by atoms with Gasteiger partial charge in [-0.3, -0.25) is 0 Å². The number of carboxylic acid groups (broad SMARTS) is 3. The van der Waals surface area contributed by atoms with Crippen LogP contribution < -0.4 is 5.30 Å². The lowest BCUT2D eigenvalue weighted by Crippen LogP contribution is -2.22. The van der Waals surface area contributed by atoms with Crippen LogP contribution in [-0.2, 0) is 4.57 Å². The van der Waals surface area contributed by atoms with E-state index in [0.29, 0.717) is 0 Å². The standard InChI is InChI=1S/C9H5O8P/c10-7(11)3-1-2-4(18(16)17)6(9(14)15)5(3)8(12)13/h1-2H,(H3-,10,11,12,13,14,15,16,17)/p+1. The van der Waals surface area contributed by atoms with E-state index in [4.69, 9.17) is 20.2 Å². The van der Waals surface area contributed by atoms with Gasteiger partial charge < -0.3 is 15.3 Å². The number of aromatic carboxylic acids is 3. The molecule has 1 unspecified atom stereocenters. The smallest absolute Gasteiger partial charge is 0.478 e. The normalized spacial score (nSPS) is 10.8. The Bertz CT molecular complexity index is 525. The third-order valence-electron chi connectivity index (χ3n) is 2.05. The number of carboxylic acids is 3. The van der Waals surface area contributed by atoms with E-state index in [1.54, 1.807) is 0 Å². The highest BCUT2D eigenvalue weighted by Crippen LogP contribution is 2.22. The zero-order valence-corrected chi connectivity index (χ0v) is 9.42. The van der Waals surface area contributed by atoms with Crippen molar-refractivity contribution in [2.75, 3.05) is 0 Å². The summed E-state index contributed by atoms with van der Waals surface area (Å²) in [5.41, 5.74) is -2.78. The largest absolute Gasteiger partial charge is 0.547 e. The van der Waals surface area contributed by atoms with Crippen molar-refractivity contribution in [1.29, 1.82) is 0 Å². The molecule has 1 aromatic rings. The molecule has 18 heavy (non-hydrogen) atoms. The fourth-order valence-corrected chi connectivity index (χ4v) is 1.97. The lowest BCUT2D eigenvalue weighted by Gasteiger charge is -2.04. The number of carbonyl (C=O) groups is 3. The molecule has 0 saturated heterocycles. The second-order valence-corrected chi connectivity index (χ2v) is 4.10. The third-order valence-corrected chi connectivity index (χ3v) is 2.83. The van der Waals surface area contributed by atoms with E-state index < -0.39 is 47.9 Å². The maximum absolute atomic E-state index is 10.9. The summed E-state index contributed by atoms with van der Waals surface area (Å²) in [7, 11) is -3.11. The summed E-state index contributed by atoms with van der Waals surface area (Å²) in [6.45, 7) is 0. The van der Waals surface area contributed by atoms with Gasteiger partial charge in [0.1, 0.15) is 5.56 Å². The van der Waals surface area contributed by atoms with Crippen LogP contribution in [0.25, 0.3) is 0 Å². The van der Waals surface area contributed by atoms with Gasteiger partial charge in [0.05, 0.1) is 11.1 Å². The fourth-order valence-electron chi connectivity index (χ4n) is 1.37. The van der Waals surface area contributed by atoms with Crippen molar-refractivity contribution in [2.45, 2.75) is 0 Å². The quantitative estimate of drug-likeness (QED) is 0.566. The summed E-state index contributed by atoms with van der Waals surface area (Å²) in [5, 5.41) is 25.8. The van der Waals surface area contributed by atoms with Gasteiger partial charge >= 0.3 is 25.9 Å². The van der Waals surface area contributed by atoms with Crippen LogP contribution in [0.2, 0.25) is 0 Å². The van der Waals surface area contributed by atoms with Gasteiger partial charge in [0.25, 0.3) is 0 Å². The van der Waals surface area contributed by atoms with E-state index in [1.807, 2.05) is 0 Å². The molecule has 0 heterocycles. The topological polar surface area (TPSA) is 149 Å². The third kappa shape index (κ3) is 2.34. The Kier molecular flexibility index (Phi) is 3.75. The summed E-state index contributed by atoms with van der Waals surface area (Å²) >= 11 is 0. The van der Waals surface area contributed by atoms with Gasteiger partial charge in [0.15, 0.2) is 0 Å². The molecular weight excluding hydrogens is 267 g/mol. The van der Waals surface area contributed by atoms with Gasteiger partial charge in [0.2, 0.25) is 5.30 Å². The first-order valence-corrected chi connectivity index (χ1v) is 5.51. The molecule has 0 bridgehead atoms. The molecule has 0 aliphatic rings. The first-order valence-electron chi connectivity index (χ1n) is 4.30. The highest BCUT2D eigenvalue weighted by molar-refractivity contribution is 7.47. The lowest BCUT2D eigenvalue weighted by molar-refractivity contribution is 0.0634. The highest BCUT2D eigenvalue weighted by Gasteiger charge is 2.34. The monoisotopic (exact) mass is 273 g/mol. The van der Waals surface area contributed by atoms with Crippen LogP contribution >= 0.6 is 8.03 Å². The second kappa shape index (κ2) is 4.91. The summed E-state index contributed by atoms with van der Waals surface area (Å²) in [4.78, 5) is 41.5. The van der Waals surface area contributed by atoms with Gasteiger partial charge in [-0.2, -0.15) is 4.89 Å². The zero-order valence-electron chi connectivity index (χ0n) is 8.52. The first kappa shape index (κ1) is 13.8. The highest BCUT2D eigenvalue weighted by atomic mass is 31.1. The van der Waals surface area contributed by atoms with Crippen LogP contribution in [0.3, 0.4) is 0 Å². The molecule has 1 aromatic carbocycles. The van der Waals surface area contributed by atoms with Crippen molar-refractivity contribution in [1.82, 2.24) is 0 Å². The van der Waals surface area contributed by atoms with E-state index in [9.17, 15) is 18.9 Å². The van der Waals surface area contributed by atoms with Gasteiger partial charge in [-0.1, -0.05) is 0 Å². The van der Waals surface area contributed by atoms with Gasteiger partial charge in [-0.25, -0.2) is 14.4 Å². The van der Waals surface area contributed by atoms with Crippen molar-refractivity contribution < 1.29 is 39.2 Å². The minimum atomic E-state index is -3.11. The molecule has 8 nitrogen and oxygen atoms in total. The molecular formula is C9H6O8P+. The van der Waals surface area contributed by atoms with Crippen LogP contribution in [0.15, 0.2) is 12.1 Å². The maximum Gasteiger partial charge on any atom is 0.547 e. The molecule has 94 valence electrons. The summed E-state index contributed by atoms with van der Waals surface area (Å²) in [5.74, 6) is -5.24. The first-order chi connectivity index (χ1) is 8.27. The van der Waals surface area contributed by atoms with E-state index in [1.165, 1.54) is 0 Å². The van der Waals surface area contributed by atoms with Crippen molar-refractivity contribution in [2.24, 2.45) is 0 Å². The van der Waals surface area contributed by atoms with Crippen LogP contribution in [0.5, 0.6) is 0 Å². The molecule has 0 aromatic heterocycles. The van der Waals surface area contributed by atoms with Crippen molar-refractivity contribution in [3.8, 4) is 0 Å². The van der Waals surface area contributed by atoms with Crippen LogP contribution in [0.1, 0.15) is 31.1 Å². The molecule has 0 radical (unpaired) electrons. The average molecular weight is 273 g/mol. The summed E-state index contributed by atoms with van der Waals surface area (Å²) in [6.07, 6.45) is 0. The number of hydrogen-bond acceptors (Lipinski definition) is 4. The molecule has 0 aliphatic heterocycles. The van der Waals surface area contributed by atoms with E-state index in [0.717, 1.165) is 12.1 Å². The number of benzene rings is 1. The van der Waals surface area contributed by atoms with Crippen molar-refractivity contribution >= 4 is 31.2 Å². The van der Waals surface area contributed by atoms with Crippen LogP contribution in [0, 0.1) is 0 Å². The van der Waals surface area contributed by atoms with Crippen molar-refractivity contribution in [3.05, 3.63) is 28.8 Å². The molecule has 9 heteroatoms. The molecule has 0 amide bonds. The average Bonchev–Trinajstić information content (AvgIpc) is 2.26. The Morgan fingerprint density at radius 2 is 1.39 bits per heavy atom. The van der Waals surface area contributed by atoms with Crippen molar-refractivity contribution in [3.63, 3.8) is 0 Å². The van der Waals surface area contributed by atoms with E-state index in [2.05, 4.69) is 0 Å². The fraction of sp³-hybridized carbons (Fsp3) is 0. The second-order valence-electron chi connectivity index (χ2n) is 3.07. The molecule has 4 N–H and O–H groups in total. The Morgan fingerprint density at radius 1 is 0.889 bits per heavy atom. The number of hydrogen-bond donors (Lipinski definition) is 4. The molecule has 0 aliphatic carbocycles. The maximum atomic E-state index is 10.9. The number of rotatable bonds is 4. The summed E-state index contributed by atoms with van der Waals surface area (Å²) in [6, 6.07) is 1.58. The Balaban J connectivity index is 3.82. The predicted octanol–water partition coefficient (Wildman–Crippen LogP) is 0.141. The van der Waals surface area contributed by atoms with Gasteiger partial charge in [0, 0.05) is 0 Å². The summed E-state index contributed by atoms with van der Waals surface area (Å²) < 4.78 is 10.9. The zero-order chi connectivity index (χ0) is 14.0. The Hall–Kier alpha value is -2.31.